The molecule has 0 saturated carbocycles. The van der Waals surface area contributed by atoms with Gasteiger partial charge in [-0.3, -0.25) is 0 Å². The lowest BCUT2D eigenvalue weighted by molar-refractivity contribution is 0.0850. The molecular formula is C7H16N2O3S. The number of aliphatic hydroxyl groups is 1. The van der Waals surface area contributed by atoms with Crippen LogP contribution in [-0.4, -0.2) is 43.6 Å². The fourth-order valence-electron chi connectivity index (χ4n) is 1.51. The van der Waals surface area contributed by atoms with Crippen LogP contribution in [-0.2, 0) is 10.2 Å². The highest BCUT2D eigenvalue weighted by Crippen LogP contribution is 2.19. The van der Waals surface area contributed by atoms with Gasteiger partial charge in [0.25, 0.3) is 10.2 Å². The summed E-state index contributed by atoms with van der Waals surface area (Å²) in [5.41, 5.74) is 0. The van der Waals surface area contributed by atoms with Gasteiger partial charge in [-0.15, -0.1) is 0 Å². The Kier molecular flexibility index (Phi) is 3.28. The molecule has 2 atom stereocenters. The molecule has 0 radical (unpaired) electrons. The number of β-amino-alcohol motifs (C(OH)–C–C–N with tert-alkyl or cyclic N) is 1. The average molecular weight is 208 g/mol. The number of hydrogen-bond acceptors (Lipinski definition) is 3. The third-order valence-corrected chi connectivity index (χ3v) is 4.01. The Bertz CT molecular complexity index is 265. The number of hydrogen-bond donors (Lipinski definition) is 2. The molecule has 0 aromatic heterocycles. The molecule has 13 heavy (non-hydrogen) atoms. The van der Waals surface area contributed by atoms with Crippen LogP contribution in [0.25, 0.3) is 0 Å². The van der Waals surface area contributed by atoms with Crippen LogP contribution in [0.1, 0.15) is 19.8 Å². The molecule has 0 amide bonds. The molecule has 1 aliphatic rings. The molecule has 78 valence electrons. The topological polar surface area (TPSA) is 69.6 Å². The van der Waals surface area contributed by atoms with Crippen molar-refractivity contribution in [1.82, 2.24) is 9.03 Å². The predicted octanol–water partition coefficient (Wildman–Crippen LogP) is -0.704. The van der Waals surface area contributed by atoms with E-state index >= 15 is 0 Å². The first-order chi connectivity index (χ1) is 5.97. The number of nitrogens with one attached hydrogen (secondary N) is 1. The van der Waals surface area contributed by atoms with Crippen molar-refractivity contribution in [3.8, 4) is 0 Å². The highest BCUT2D eigenvalue weighted by molar-refractivity contribution is 7.87. The monoisotopic (exact) mass is 208 g/mol. The molecule has 0 spiro atoms. The summed E-state index contributed by atoms with van der Waals surface area (Å²) in [6, 6.07) is -0.0270. The second-order valence-corrected chi connectivity index (χ2v) is 5.19. The molecule has 0 aromatic carbocycles. The first kappa shape index (κ1) is 10.9. The molecule has 1 aliphatic heterocycles. The lowest BCUT2D eigenvalue weighted by atomic mass is 10.0. The fraction of sp³-hybridized carbons (Fsp3) is 1.00. The Morgan fingerprint density at radius 3 is 2.62 bits per heavy atom. The van der Waals surface area contributed by atoms with Crippen LogP contribution in [0.2, 0.25) is 0 Å². The molecule has 1 saturated heterocycles. The maximum atomic E-state index is 11.4. The number of nitrogens with zero attached hydrogens (tertiary/aromatic N) is 1. The highest BCUT2D eigenvalue weighted by atomic mass is 32.2. The molecule has 1 fully saturated rings. The van der Waals surface area contributed by atoms with E-state index < -0.39 is 16.3 Å². The normalized spacial score (nSPS) is 31.9. The minimum Gasteiger partial charge on any atom is -0.392 e. The van der Waals surface area contributed by atoms with E-state index in [0.29, 0.717) is 12.8 Å². The molecule has 1 rings (SSSR count). The van der Waals surface area contributed by atoms with Gasteiger partial charge in [-0.05, 0) is 19.8 Å². The Hall–Kier alpha value is -0.170. The van der Waals surface area contributed by atoms with E-state index in [1.54, 1.807) is 0 Å². The van der Waals surface area contributed by atoms with Crippen LogP contribution in [0.5, 0.6) is 0 Å². The molecule has 6 heteroatoms. The van der Waals surface area contributed by atoms with Crippen molar-refractivity contribution in [1.29, 1.82) is 0 Å². The van der Waals surface area contributed by atoms with Crippen molar-refractivity contribution < 1.29 is 13.5 Å². The van der Waals surface area contributed by atoms with Gasteiger partial charge in [0.2, 0.25) is 0 Å². The Morgan fingerprint density at radius 2 is 2.08 bits per heavy atom. The van der Waals surface area contributed by atoms with Gasteiger partial charge in [0.05, 0.1) is 6.10 Å². The Balaban J connectivity index is 2.77. The van der Waals surface area contributed by atoms with E-state index in [0.717, 1.165) is 0 Å². The molecule has 2 N–H and O–H groups in total. The van der Waals surface area contributed by atoms with Gasteiger partial charge in [0.1, 0.15) is 0 Å². The summed E-state index contributed by atoms with van der Waals surface area (Å²) in [5, 5.41) is 9.32. The van der Waals surface area contributed by atoms with Crippen LogP contribution in [0.15, 0.2) is 0 Å². The zero-order valence-corrected chi connectivity index (χ0v) is 8.71. The van der Waals surface area contributed by atoms with Crippen LogP contribution in [0.3, 0.4) is 0 Å². The van der Waals surface area contributed by atoms with Gasteiger partial charge < -0.3 is 5.11 Å². The minimum atomic E-state index is -3.38. The summed E-state index contributed by atoms with van der Waals surface area (Å²) in [5.74, 6) is 0. The second kappa shape index (κ2) is 3.91. The summed E-state index contributed by atoms with van der Waals surface area (Å²) in [4.78, 5) is 0. The second-order valence-electron chi connectivity index (χ2n) is 3.36. The zero-order valence-electron chi connectivity index (χ0n) is 7.90. The lowest BCUT2D eigenvalue weighted by Gasteiger charge is -2.34. The summed E-state index contributed by atoms with van der Waals surface area (Å²) >= 11 is 0. The number of rotatable bonds is 2. The fourth-order valence-corrected chi connectivity index (χ4v) is 2.69. The van der Waals surface area contributed by atoms with E-state index in [1.807, 2.05) is 6.92 Å². The van der Waals surface area contributed by atoms with E-state index in [4.69, 9.17) is 0 Å². The number of aliphatic hydroxyl groups excluding tert-OH is 1. The molecule has 5 nitrogen and oxygen atoms in total. The van der Waals surface area contributed by atoms with E-state index in [9.17, 15) is 13.5 Å². The van der Waals surface area contributed by atoms with Gasteiger partial charge in [-0.1, -0.05) is 0 Å². The van der Waals surface area contributed by atoms with Crippen LogP contribution in [0, 0.1) is 0 Å². The largest absolute Gasteiger partial charge is 0.392 e. The van der Waals surface area contributed by atoms with E-state index in [-0.39, 0.29) is 12.6 Å². The van der Waals surface area contributed by atoms with Crippen LogP contribution >= 0.6 is 0 Å². The standard InChI is InChI=1S/C7H16N2O3S/c1-6-3-4-7(10)5-9(6)13(11,12)8-2/h6-8,10H,3-5H2,1-2H3/t6-,7-/m0/s1. The first-order valence-electron chi connectivity index (χ1n) is 4.35. The smallest absolute Gasteiger partial charge is 0.279 e. The Morgan fingerprint density at radius 1 is 1.46 bits per heavy atom. The van der Waals surface area contributed by atoms with Crippen molar-refractivity contribution in [2.75, 3.05) is 13.6 Å². The quantitative estimate of drug-likeness (QED) is 0.630. The summed E-state index contributed by atoms with van der Waals surface area (Å²) in [7, 11) is -2.00. The Labute approximate surface area is 78.9 Å². The zero-order chi connectivity index (χ0) is 10.1. The summed E-state index contributed by atoms with van der Waals surface area (Å²) < 4.78 is 26.4. The van der Waals surface area contributed by atoms with Gasteiger partial charge in [0, 0.05) is 19.6 Å². The minimum absolute atomic E-state index is 0.0270. The highest BCUT2D eigenvalue weighted by Gasteiger charge is 2.31. The molecule has 0 unspecified atom stereocenters. The van der Waals surface area contributed by atoms with Gasteiger partial charge >= 0.3 is 0 Å². The lowest BCUT2D eigenvalue weighted by Crippen LogP contribution is -2.50. The van der Waals surface area contributed by atoms with Gasteiger partial charge in [-0.25, -0.2) is 4.72 Å². The molecule has 1 heterocycles. The third-order valence-electron chi connectivity index (χ3n) is 2.37. The maximum absolute atomic E-state index is 11.4. The SMILES string of the molecule is CNS(=O)(=O)N1C[C@@H](O)CC[C@@H]1C. The van der Waals surface area contributed by atoms with Crippen LogP contribution in [0.4, 0.5) is 0 Å². The van der Waals surface area contributed by atoms with Gasteiger partial charge in [0.15, 0.2) is 0 Å². The molecule has 0 aliphatic carbocycles. The predicted molar refractivity (Wildman–Crippen MR) is 49.4 cm³/mol. The summed E-state index contributed by atoms with van der Waals surface area (Å²) in [6.45, 7) is 2.05. The van der Waals surface area contributed by atoms with E-state index in [1.165, 1.54) is 11.4 Å². The average Bonchev–Trinajstić information content (AvgIpc) is 2.09. The first-order valence-corrected chi connectivity index (χ1v) is 5.79. The van der Waals surface area contributed by atoms with Crippen molar-refractivity contribution in [3.63, 3.8) is 0 Å². The van der Waals surface area contributed by atoms with Crippen LogP contribution < -0.4 is 4.72 Å². The maximum Gasteiger partial charge on any atom is 0.279 e. The van der Waals surface area contributed by atoms with E-state index in [2.05, 4.69) is 4.72 Å². The molecule has 0 aromatic rings. The third kappa shape index (κ3) is 2.40. The van der Waals surface area contributed by atoms with Crippen molar-refractivity contribution in [2.24, 2.45) is 0 Å². The summed E-state index contributed by atoms with van der Waals surface area (Å²) in [6.07, 6.45) is 0.859. The van der Waals surface area contributed by atoms with Crippen molar-refractivity contribution in [3.05, 3.63) is 0 Å². The number of piperidine rings is 1. The van der Waals surface area contributed by atoms with Crippen molar-refractivity contribution in [2.45, 2.75) is 31.9 Å². The van der Waals surface area contributed by atoms with Gasteiger partial charge in [-0.2, -0.15) is 12.7 Å². The molecular weight excluding hydrogens is 192 g/mol. The van der Waals surface area contributed by atoms with Crippen molar-refractivity contribution >= 4 is 10.2 Å². The molecule has 0 bridgehead atoms.